The number of amides is 1. The maximum Gasteiger partial charge on any atom is 0.335 e. The van der Waals surface area contributed by atoms with Crippen LogP contribution >= 0.6 is 0 Å². The number of hydrogen-bond donors (Lipinski definition) is 3. The molecule has 0 saturated carbocycles. The lowest BCUT2D eigenvalue weighted by Crippen LogP contribution is -2.13. The molecule has 0 aliphatic carbocycles. The Kier molecular flexibility index (Phi) is 6.02. The van der Waals surface area contributed by atoms with Crippen molar-refractivity contribution in [1.82, 2.24) is 0 Å². The Hall–Kier alpha value is -3.99. The first-order valence-corrected chi connectivity index (χ1v) is 7.61. The van der Waals surface area contributed by atoms with Crippen molar-refractivity contribution >= 4 is 23.6 Å². The van der Waals surface area contributed by atoms with Crippen molar-refractivity contribution in [2.75, 3.05) is 19.5 Å². The Morgan fingerprint density at radius 2 is 1.67 bits per heavy atom. The summed E-state index contributed by atoms with van der Waals surface area (Å²) in [5.74, 6) is -1.70. The number of anilines is 1. The van der Waals surface area contributed by atoms with Gasteiger partial charge in [0.1, 0.15) is 11.6 Å². The molecular weight excluding hydrogens is 352 g/mol. The van der Waals surface area contributed by atoms with Crippen molar-refractivity contribution in [2.45, 2.75) is 0 Å². The number of carboxylic acids is 1. The fourth-order valence-electron chi connectivity index (χ4n) is 2.21. The van der Waals surface area contributed by atoms with Crippen molar-refractivity contribution in [3.05, 3.63) is 53.1 Å². The molecule has 1 amide bonds. The van der Waals surface area contributed by atoms with Crippen LogP contribution in [-0.4, -0.2) is 36.3 Å². The maximum atomic E-state index is 12.3. The summed E-state index contributed by atoms with van der Waals surface area (Å²) < 4.78 is 10.1. The smallest absolute Gasteiger partial charge is 0.335 e. The minimum atomic E-state index is -1.08. The van der Waals surface area contributed by atoms with Crippen LogP contribution in [0.2, 0.25) is 0 Å². The second kappa shape index (κ2) is 8.40. The second-order valence-corrected chi connectivity index (χ2v) is 5.28. The summed E-state index contributed by atoms with van der Waals surface area (Å²) in [4.78, 5) is 23.2. The first-order chi connectivity index (χ1) is 12.9. The number of aromatic hydroxyl groups is 1. The lowest BCUT2D eigenvalue weighted by atomic mass is 10.1. The summed E-state index contributed by atoms with van der Waals surface area (Å²) in [5, 5.41) is 30.6. The van der Waals surface area contributed by atoms with Gasteiger partial charge in [0, 0.05) is 5.69 Å². The fourth-order valence-corrected chi connectivity index (χ4v) is 2.21. The van der Waals surface area contributed by atoms with E-state index in [0.29, 0.717) is 11.3 Å². The van der Waals surface area contributed by atoms with Gasteiger partial charge in [-0.3, -0.25) is 4.79 Å². The molecule has 0 saturated heterocycles. The molecule has 0 fully saturated rings. The third-order valence-electron chi connectivity index (χ3n) is 3.57. The van der Waals surface area contributed by atoms with Gasteiger partial charge < -0.3 is 25.0 Å². The van der Waals surface area contributed by atoms with Gasteiger partial charge in [-0.25, -0.2) is 4.79 Å². The molecule has 2 aromatic rings. The Bertz CT molecular complexity index is 917. The van der Waals surface area contributed by atoms with Crippen molar-refractivity contribution in [3.63, 3.8) is 0 Å². The Labute approximate surface area is 154 Å². The number of nitrogens with zero attached hydrogens (tertiary/aromatic N) is 1. The summed E-state index contributed by atoms with van der Waals surface area (Å²) in [6.07, 6.45) is 1.31. The van der Waals surface area contributed by atoms with Crippen molar-refractivity contribution < 1.29 is 29.3 Å². The molecule has 0 spiro atoms. The largest absolute Gasteiger partial charge is 0.502 e. The van der Waals surface area contributed by atoms with E-state index in [9.17, 15) is 20.0 Å². The number of carbonyl (C=O) groups is 2. The molecule has 0 heterocycles. The lowest BCUT2D eigenvalue weighted by Gasteiger charge is -2.10. The van der Waals surface area contributed by atoms with Crippen LogP contribution in [0.1, 0.15) is 15.9 Å². The minimum absolute atomic E-state index is 0.0762. The van der Waals surface area contributed by atoms with Crippen LogP contribution in [-0.2, 0) is 4.79 Å². The van der Waals surface area contributed by atoms with Gasteiger partial charge in [0.15, 0.2) is 11.5 Å². The number of carbonyl (C=O) groups excluding carboxylic acids is 1. The molecule has 8 nitrogen and oxygen atoms in total. The van der Waals surface area contributed by atoms with E-state index < -0.39 is 11.9 Å². The lowest BCUT2D eigenvalue weighted by molar-refractivity contribution is -0.112. The van der Waals surface area contributed by atoms with Gasteiger partial charge in [0.25, 0.3) is 5.91 Å². The number of phenolic OH excluding ortho intramolecular Hbond substituents is 1. The summed E-state index contributed by atoms with van der Waals surface area (Å²) in [7, 11) is 2.72. The summed E-state index contributed by atoms with van der Waals surface area (Å²) >= 11 is 0. The van der Waals surface area contributed by atoms with Crippen LogP contribution in [0.15, 0.2) is 42.0 Å². The number of phenols is 1. The van der Waals surface area contributed by atoms with Gasteiger partial charge >= 0.3 is 5.97 Å². The number of hydrogen-bond acceptors (Lipinski definition) is 6. The zero-order valence-corrected chi connectivity index (χ0v) is 14.5. The van der Waals surface area contributed by atoms with E-state index in [1.165, 1.54) is 56.7 Å². The van der Waals surface area contributed by atoms with E-state index in [1.807, 2.05) is 0 Å². The van der Waals surface area contributed by atoms with Crippen LogP contribution in [0, 0.1) is 11.3 Å². The molecule has 2 rings (SSSR count). The van der Waals surface area contributed by atoms with Gasteiger partial charge in [-0.1, -0.05) is 0 Å². The van der Waals surface area contributed by atoms with Crippen molar-refractivity contribution in [2.24, 2.45) is 0 Å². The quantitative estimate of drug-likeness (QED) is 0.528. The minimum Gasteiger partial charge on any atom is -0.502 e. The summed E-state index contributed by atoms with van der Waals surface area (Å²) in [5.41, 5.74) is 0.626. The topological polar surface area (TPSA) is 129 Å². The monoisotopic (exact) mass is 368 g/mol. The van der Waals surface area contributed by atoms with Gasteiger partial charge in [-0.15, -0.1) is 0 Å². The van der Waals surface area contributed by atoms with Gasteiger partial charge in [-0.2, -0.15) is 5.26 Å². The molecular formula is C19H16N2O6. The van der Waals surface area contributed by atoms with E-state index in [4.69, 9.17) is 14.6 Å². The number of carboxylic acid groups (broad SMARTS) is 1. The summed E-state index contributed by atoms with van der Waals surface area (Å²) in [6, 6.07) is 10.2. The molecule has 138 valence electrons. The Morgan fingerprint density at radius 1 is 1.11 bits per heavy atom. The molecule has 0 aromatic heterocycles. The number of ether oxygens (including phenoxy) is 2. The molecule has 27 heavy (non-hydrogen) atoms. The Morgan fingerprint density at radius 3 is 2.11 bits per heavy atom. The standard InChI is InChI=1S/C19H16N2O6/c1-26-15-8-11(9-16(27-2)17(15)22)7-13(10-20)18(23)21-14-5-3-12(4-6-14)19(24)25/h3-9,22H,1-2H3,(H,21,23)(H,24,25)/b13-7+. The fraction of sp³-hybridized carbons (Fsp3) is 0.105. The zero-order valence-electron chi connectivity index (χ0n) is 14.5. The number of nitrogens with one attached hydrogen (secondary N) is 1. The molecule has 0 atom stereocenters. The molecule has 8 heteroatoms. The number of nitriles is 1. The van der Waals surface area contributed by atoms with Crippen molar-refractivity contribution in [3.8, 4) is 23.3 Å². The van der Waals surface area contributed by atoms with Crippen molar-refractivity contribution in [1.29, 1.82) is 5.26 Å². The first kappa shape index (κ1) is 19.3. The SMILES string of the molecule is COc1cc(/C=C(\C#N)C(=O)Nc2ccc(C(=O)O)cc2)cc(OC)c1O. The van der Waals surface area contributed by atoms with E-state index in [0.717, 1.165) is 0 Å². The molecule has 0 aliphatic rings. The van der Waals surface area contributed by atoms with Crippen LogP contribution < -0.4 is 14.8 Å². The van der Waals surface area contributed by atoms with Crippen LogP contribution in [0.25, 0.3) is 6.08 Å². The highest BCUT2D eigenvalue weighted by molar-refractivity contribution is 6.09. The average Bonchev–Trinajstić information content (AvgIpc) is 2.67. The van der Waals surface area contributed by atoms with Crippen LogP contribution in [0.5, 0.6) is 17.2 Å². The molecule has 0 bridgehead atoms. The predicted molar refractivity (Wildman–Crippen MR) is 96.8 cm³/mol. The van der Waals surface area contributed by atoms with E-state index in [-0.39, 0.29) is 28.4 Å². The predicted octanol–water partition coefficient (Wildman–Crippen LogP) is 2.65. The average molecular weight is 368 g/mol. The van der Waals surface area contributed by atoms with Gasteiger partial charge in [-0.05, 0) is 48.0 Å². The number of methoxy groups -OCH3 is 2. The maximum absolute atomic E-state index is 12.3. The first-order valence-electron chi connectivity index (χ1n) is 7.61. The van der Waals surface area contributed by atoms with Crippen LogP contribution in [0.3, 0.4) is 0 Å². The highest BCUT2D eigenvalue weighted by Gasteiger charge is 2.14. The van der Waals surface area contributed by atoms with E-state index in [2.05, 4.69) is 5.32 Å². The highest BCUT2D eigenvalue weighted by Crippen LogP contribution is 2.37. The molecule has 3 N–H and O–H groups in total. The summed E-state index contributed by atoms with van der Waals surface area (Å²) in [6.45, 7) is 0. The van der Waals surface area contributed by atoms with E-state index >= 15 is 0 Å². The normalized spacial score (nSPS) is 10.6. The molecule has 0 aliphatic heterocycles. The van der Waals surface area contributed by atoms with Gasteiger partial charge in [0.2, 0.25) is 5.75 Å². The molecule has 0 unspecified atom stereocenters. The number of benzene rings is 2. The van der Waals surface area contributed by atoms with E-state index in [1.54, 1.807) is 6.07 Å². The second-order valence-electron chi connectivity index (χ2n) is 5.28. The Balaban J connectivity index is 2.29. The molecule has 0 radical (unpaired) electrons. The third kappa shape index (κ3) is 4.55. The van der Waals surface area contributed by atoms with Gasteiger partial charge in [0.05, 0.1) is 19.8 Å². The molecule has 2 aromatic carbocycles. The number of aromatic carboxylic acids is 1. The highest BCUT2D eigenvalue weighted by atomic mass is 16.5. The third-order valence-corrected chi connectivity index (χ3v) is 3.57. The van der Waals surface area contributed by atoms with Crippen LogP contribution in [0.4, 0.5) is 5.69 Å². The number of rotatable bonds is 6. The zero-order chi connectivity index (χ0) is 20.0.